The number of aliphatic hydroxyl groups excluding tert-OH is 1. The standard InChI is InChI=1S/C12H18N2O2/c1-8(2)11(15)7-14-12(16)10-5-4-9(3)13-6-10/h4-6,8,11,15H,7H2,1-3H3,(H,14,16). The molecule has 0 saturated heterocycles. The van der Waals surface area contributed by atoms with E-state index in [1.54, 1.807) is 12.1 Å². The van der Waals surface area contributed by atoms with Crippen molar-refractivity contribution in [2.24, 2.45) is 5.92 Å². The van der Waals surface area contributed by atoms with Crippen LogP contribution in [0.5, 0.6) is 0 Å². The van der Waals surface area contributed by atoms with E-state index < -0.39 is 6.10 Å². The van der Waals surface area contributed by atoms with Crippen LogP contribution in [0.4, 0.5) is 0 Å². The Morgan fingerprint density at radius 3 is 2.69 bits per heavy atom. The van der Waals surface area contributed by atoms with Crippen LogP contribution >= 0.6 is 0 Å². The molecule has 1 rings (SSSR count). The molecule has 1 atom stereocenters. The summed E-state index contributed by atoms with van der Waals surface area (Å²) in [5.41, 5.74) is 1.39. The van der Waals surface area contributed by atoms with Gasteiger partial charge in [-0.3, -0.25) is 9.78 Å². The predicted octanol–water partition coefficient (Wildman–Crippen LogP) is 1.14. The molecule has 0 aliphatic heterocycles. The van der Waals surface area contributed by atoms with Crippen LogP contribution in [0.3, 0.4) is 0 Å². The zero-order valence-electron chi connectivity index (χ0n) is 9.90. The van der Waals surface area contributed by atoms with E-state index in [2.05, 4.69) is 10.3 Å². The first-order valence-electron chi connectivity index (χ1n) is 5.39. The summed E-state index contributed by atoms with van der Waals surface area (Å²) < 4.78 is 0. The summed E-state index contributed by atoms with van der Waals surface area (Å²) in [5.74, 6) is -0.0661. The minimum atomic E-state index is -0.512. The molecule has 1 unspecified atom stereocenters. The molecule has 1 heterocycles. The third-order valence-electron chi connectivity index (χ3n) is 2.41. The van der Waals surface area contributed by atoms with Gasteiger partial charge >= 0.3 is 0 Å². The highest BCUT2D eigenvalue weighted by molar-refractivity contribution is 5.93. The Bertz CT molecular complexity index is 347. The zero-order chi connectivity index (χ0) is 12.1. The first-order chi connectivity index (χ1) is 7.50. The second-order valence-corrected chi connectivity index (χ2v) is 4.21. The Labute approximate surface area is 95.7 Å². The molecule has 0 aliphatic carbocycles. The van der Waals surface area contributed by atoms with Crippen molar-refractivity contribution in [1.82, 2.24) is 10.3 Å². The van der Waals surface area contributed by atoms with Crippen LogP contribution in [-0.4, -0.2) is 28.6 Å². The number of nitrogens with zero attached hydrogens (tertiary/aromatic N) is 1. The molecule has 88 valence electrons. The van der Waals surface area contributed by atoms with E-state index in [0.717, 1.165) is 5.69 Å². The summed E-state index contributed by atoms with van der Waals surface area (Å²) in [6.45, 7) is 5.95. The molecule has 0 bridgehead atoms. The SMILES string of the molecule is Cc1ccc(C(=O)NCC(O)C(C)C)cn1. The van der Waals surface area contributed by atoms with Gasteiger partial charge in [-0.05, 0) is 25.0 Å². The lowest BCUT2D eigenvalue weighted by atomic mass is 10.1. The molecule has 0 aliphatic rings. The number of nitrogens with one attached hydrogen (secondary N) is 1. The predicted molar refractivity (Wildman–Crippen MR) is 62.2 cm³/mol. The number of carbonyl (C=O) groups excluding carboxylic acids is 1. The molecule has 1 aromatic rings. The van der Waals surface area contributed by atoms with Gasteiger partial charge in [0.25, 0.3) is 5.91 Å². The average molecular weight is 222 g/mol. The van der Waals surface area contributed by atoms with Crippen molar-refractivity contribution in [2.75, 3.05) is 6.54 Å². The second-order valence-electron chi connectivity index (χ2n) is 4.21. The molecule has 16 heavy (non-hydrogen) atoms. The molecule has 0 saturated carbocycles. The number of hydrogen-bond acceptors (Lipinski definition) is 3. The van der Waals surface area contributed by atoms with E-state index in [-0.39, 0.29) is 18.4 Å². The molecule has 0 spiro atoms. The maximum atomic E-state index is 11.6. The van der Waals surface area contributed by atoms with Crippen LogP contribution in [0.25, 0.3) is 0 Å². The lowest BCUT2D eigenvalue weighted by Gasteiger charge is -2.14. The van der Waals surface area contributed by atoms with E-state index in [9.17, 15) is 9.90 Å². The highest BCUT2D eigenvalue weighted by Crippen LogP contribution is 2.01. The summed E-state index contributed by atoms with van der Waals surface area (Å²) in [6.07, 6.45) is 1.02. The van der Waals surface area contributed by atoms with E-state index >= 15 is 0 Å². The number of amides is 1. The monoisotopic (exact) mass is 222 g/mol. The summed E-state index contributed by atoms with van der Waals surface area (Å²) in [5, 5.41) is 12.2. The maximum Gasteiger partial charge on any atom is 0.252 e. The van der Waals surface area contributed by atoms with Crippen LogP contribution in [0, 0.1) is 12.8 Å². The number of aryl methyl sites for hydroxylation is 1. The Morgan fingerprint density at radius 2 is 2.19 bits per heavy atom. The van der Waals surface area contributed by atoms with Crippen molar-refractivity contribution in [2.45, 2.75) is 26.9 Å². The second kappa shape index (κ2) is 5.61. The first-order valence-corrected chi connectivity index (χ1v) is 5.39. The number of pyridine rings is 1. The molecule has 2 N–H and O–H groups in total. The van der Waals surface area contributed by atoms with Crippen LogP contribution in [-0.2, 0) is 0 Å². The summed E-state index contributed by atoms with van der Waals surface area (Å²) in [4.78, 5) is 15.7. The molecule has 4 heteroatoms. The van der Waals surface area contributed by atoms with Gasteiger partial charge in [0.05, 0.1) is 11.7 Å². The van der Waals surface area contributed by atoms with Gasteiger partial charge in [0.2, 0.25) is 0 Å². The van der Waals surface area contributed by atoms with Crippen molar-refractivity contribution in [3.63, 3.8) is 0 Å². The Hall–Kier alpha value is -1.42. The van der Waals surface area contributed by atoms with Crippen LogP contribution in [0.2, 0.25) is 0 Å². The Morgan fingerprint density at radius 1 is 1.50 bits per heavy atom. The fourth-order valence-electron chi connectivity index (χ4n) is 1.14. The van der Waals surface area contributed by atoms with E-state index in [0.29, 0.717) is 5.56 Å². The average Bonchev–Trinajstić information content (AvgIpc) is 2.26. The van der Waals surface area contributed by atoms with Crippen LogP contribution in [0.15, 0.2) is 18.3 Å². The highest BCUT2D eigenvalue weighted by Gasteiger charge is 2.11. The lowest BCUT2D eigenvalue weighted by Crippen LogP contribution is -2.34. The summed E-state index contributed by atoms with van der Waals surface area (Å²) in [6, 6.07) is 3.51. The number of rotatable bonds is 4. The number of hydrogen-bond donors (Lipinski definition) is 2. The molecule has 0 radical (unpaired) electrons. The van der Waals surface area contributed by atoms with Gasteiger partial charge in [0.1, 0.15) is 0 Å². The first kappa shape index (κ1) is 12.6. The van der Waals surface area contributed by atoms with Gasteiger partial charge in [-0.1, -0.05) is 13.8 Å². The summed E-state index contributed by atoms with van der Waals surface area (Å²) >= 11 is 0. The Kier molecular flexibility index (Phi) is 4.43. The van der Waals surface area contributed by atoms with Crippen LogP contribution in [0.1, 0.15) is 29.9 Å². The Balaban J connectivity index is 2.50. The van der Waals surface area contributed by atoms with Gasteiger partial charge in [0, 0.05) is 18.4 Å². The topological polar surface area (TPSA) is 62.2 Å². The van der Waals surface area contributed by atoms with Gasteiger partial charge < -0.3 is 10.4 Å². The number of aromatic nitrogens is 1. The highest BCUT2D eigenvalue weighted by atomic mass is 16.3. The minimum Gasteiger partial charge on any atom is -0.391 e. The zero-order valence-corrected chi connectivity index (χ0v) is 9.90. The molecule has 1 amide bonds. The fourth-order valence-corrected chi connectivity index (χ4v) is 1.14. The maximum absolute atomic E-state index is 11.6. The van der Waals surface area contributed by atoms with Gasteiger partial charge in [-0.15, -0.1) is 0 Å². The van der Waals surface area contributed by atoms with E-state index in [1.807, 2.05) is 20.8 Å². The summed E-state index contributed by atoms with van der Waals surface area (Å²) in [7, 11) is 0. The molecule has 0 aromatic carbocycles. The third-order valence-corrected chi connectivity index (χ3v) is 2.41. The van der Waals surface area contributed by atoms with Crippen molar-refractivity contribution < 1.29 is 9.90 Å². The molecule has 0 fully saturated rings. The smallest absolute Gasteiger partial charge is 0.252 e. The van der Waals surface area contributed by atoms with Gasteiger partial charge in [0.15, 0.2) is 0 Å². The molecule has 1 aromatic heterocycles. The minimum absolute atomic E-state index is 0.136. The number of carbonyl (C=O) groups is 1. The molecular weight excluding hydrogens is 204 g/mol. The van der Waals surface area contributed by atoms with Crippen molar-refractivity contribution in [3.8, 4) is 0 Å². The number of aliphatic hydroxyl groups is 1. The quantitative estimate of drug-likeness (QED) is 0.803. The molecule has 4 nitrogen and oxygen atoms in total. The lowest BCUT2D eigenvalue weighted by molar-refractivity contribution is 0.0871. The molecular formula is C12H18N2O2. The fraction of sp³-hybridized carbons (Fsp3) is 0.500. The van der Waals surface area contributed by atoms with Gasteiger partial charge in [-0.25, -0.2) is 0 Å². The van der Waals surface area contributed by atoms with Crippen molar-refractivity contribution in [1.29, 1.82) is 0 Å². The van der Waals surface area contributed by atoms with Gasteiger partial charge in [-0.2, -0.15) is 0 Å². The van der Waals surface area contributed by atoms with Crippen LogP contribution < -0.4 is 5.32 Å². The van der Waals surface area contributed by atoms with E-state index in [1.165, 1.54) is 6.20 Å². The van der Waals surface area contributed by atoms with Crippen molar-refractivity contribution >= 4 is 5.91 Å². The largest absolute Gasteiger partial charge is 0.391 e. The van der Waals surface area contributed by atoms with E-state index in [4.69, 9.17) is 0 Å². The normalized spacial score (nSPS) is 12.6. The third kappa shape index (κ3) is 3.62. The van der Waals surface area contributed by atoms with Crippen molar-refractivity contribution in [3.05, 3.63) is 29.6 Å².